The Balaban J connectivity index is 3.00. The van der Waals surface area contributed by atoms with Crippen LogP contribution in [0.1, 0.15) is 16.8 Å². The number of sulfone groups is 1. The normalized spacial score (nSPS) is 11.8. The second-order valence-electron chi connectivity index (χ2n) is 4.43. The number of carboxylic acid groups (broad SMARTS) is 1. The van der Waals surface area contributed by atoms with Crippen LogP contribution in [0.5, 0.6) is 0 Å². The maximum atomic E-state index is 12.1. The van der Waals surface area contributed by atoms with E-state index in [0.29, 0.717) is 13.0 Å². The average molecular weight is 306 g/mol. The van der Waals surface area contributed by atoms with Crippen molar-refractivity contribution < 1.29 is 18.3 Å². The van der Waals surface area contributed by atoms with Crippen LogP contribution in [0.25, 0.3) is 0 Å². The van der Waals surface area contributed by atoms with E-state index in [-0.39, 0.29) is 21.2 Å². The van der Waals surface area contributed by atoms with E-state index in [1.54, 1.807) is 0 Å². The van der Waals surface area contributed by atoms with E-state index in [1.165, 1.54) is 12.1 Å². The van der Waals surface area contributed by atoms with Gasteiger partial charge in [0.1, 0.15) is 0 Å². The predicted molar refractivity (Wildman–Crippen MR) is 73.6 cm³/mol. The first-order valence-electron chi connectivity index (χ1n) is 5.64. The van der Waals surface area contributed by atoms with Gasteiger partial charge >= 0.3 is 5.97 Å². The maximum Gasteiger partial charge on any atom is 0.335 e. The summed E-state index contributed by atoms with van der Waals surface area (Å²) in [6.07, 6.45) is 0.461. The van der Waals surface area contributed by atoms with Gasteiger partial charge in [-0.25, -0.2) is 13.2 Å². The van der Waals surface area contributed by atoms with Crippen LogP contribution in [0.4, 0.5) is 0 Å². The fourth-order valence-corrected chi connectivity index (χ4v) is 3.43. The molecule has 1 N–H and O–H groups in total. The molecule has 1 aromatic rings. The summed E-state index contributed by atoms with van der Waals surface area (Å²) >= 11 is 5.84. The Morgan fingerprint density at radius 2 is 2.00 bits per heavy atom. The highest BCUT2D eigenvalue weighted by atomic mass is 35.5. The number of halogens is 1. The SMILES string of the molecule is CN(C)CCCS(=O)(=O)c1cc(C(=O)O)ccc1Cl. The fraction of sp³-hybridized carbons (Fsp3) is 0.417. The van der Waals surface area contributed by atoms with Gasteiger partial charge in [-0.15, -0.1) is 0 Å². The lowest BCUT2D eigenvalue weighted by molar-refractivity contribution is 0.0696. The van der Waals surface area contributed by atoms with Crippen molar-refractivity contribution in [1.82, 2.24) is 4.90 Å². The van der Waals surface area contributed by atoms with Crippen LogP contribution in [0.2, 0.25) is 5.02 Å². The Kier molecular flexibility index (Phi) is 5.34. The number of aromatic carboxylic acids is 1. The summed E-state index contributed by atoms with van der Waals surface area (Å²) in [5, 5.41) is 8.92. The van der Waals surface area contributed by atoms with Crippen LogP contribution >= 0.6 is 11.6 Å². The van der Waals surface area contributed by atoms with Crippen LogP contribution < -0.4 is 0 Å². The summed E-state index contributed by atoms with van der Waals surface area (Å²) in [5.41, 5.74) is -0.0874. The topological polar surface area (TPSA) is 74.7 Å². The van der Waals surface area contributed by atoms with E-state index in [9.17, 15) is 13.2 Å². The number of carboxylic acids is 1. The first kappa shape index (κ1) is 15.9. The number of hydrogen-bond donors (Lipinski definition) is 1. The molecule has 0 amide bonds. The summed E-state index contributed by atoms with van der Waals surface area (Å²) in [4.78, 5) is 12.6. The second-order valence-corrected chi connectivity index (χ2v) is 6.91. The van der Waals surface area contributed by atoms with Gasteiger partial charge < -0.3 is 10.0 Å². The van der Waals surface area contributed by atoms with Gasteiger partial charge in [-0.2, -0.15) is 0 Å². The Labute approximate surface area is 117 Å². The molecule has 0 atom stereocenters. The molecule has 106 valence electrons. The van der Waals surface area contributed by atoms with Crippen LogP contribution in [0, 0.1) is 0 Å². The molecule has 0 unspecified atom stereocenters. The predicted octanol–water partition coefficient (Wildman–Crippen LogP) is 1.76. The van der Waals surface area contributed by atoms with Crippen LogP contribution in [-0.2, 0) is 9.84 Å². The van der Waals surface area contributed by atoms with E-state index in [0.717, 1.165) is 6.07 Å². The molecule has 19 heavy (non-hydrogen) atoms. The second kappa shape index (κ2) is 6.36. The molecule has 1 rings (SSSR count). The summed E-state index contributed by atoms with van der Waals surface area (Å²) in [7, 11) is 0.139. The third-order valence-corrected chi connectivity index (χ3v) is 4.81. The number of benzene rings is 1. The molecule has 5 nitrogen and oxygen atoms in total. The monoisotopic (exact) mass is 305 g/mol. The van der Waals surface area contributed by atoms with Gasteiger partial charge in [0.15, 0.2) is 9.84 Å². The van der Waals surface area contributed by atoms with Gasteiger partial charge in [0.05, 0.1) is 21.2 Å². The summed E-state index contributed by atoms with van der Waals surface area (Å²) in [6.45, 7) is 0.634. The van der Waals surface area contributed by atoms with Crippen molar-refractivity contribution in [2.75, 3.05) is 26.4 Å². The summed E-state index contributed by atoms with van der Waals surface area (Å²) < 4.78 is 24.2. The molecule has 0 saturated carbocycles. The number of carbonyl (C=O) groups is 1. The third-order valence-electron chi connectivity index (χ3n) is 2.53. The number of rotatable bonds is 6. The zero-order valence-corrected chi connectivity index (χ0v) is 12.3. The molecule has 0 heterocycles. The molecular formula is C12H16ClNO4S. The minimum atomic E-state index is -3.56. The molecule has 7 heteroatoms. The van der Waals surface area contributed by atoms with Crippen molar-refractivity contribution >= 4 is 27.4 Å². The fourth-order valence-electron chi connectivity index (χ4n) is 1.56. The van der Waals surface area contributed by atoms with E-state index < -0.39 is 15.8 Å². The van der Waals surface area contributed by atoms with Crippen molar-refractivity contribution in [1.29, 1.82) is 0 Å². The molecule has 0 saturated heterocycles. The van der Waals surface area contributed by atoms with Crippen molar-refractivity contribution in [2.24, 2.45) is 0 Å². The molecule has 0 spiro atoms. The van der Waals surface area contributed by atoms with Gasteiger partial charge in [-0.05, 0) is 45.3 Å². The Hall–Kier alpha value is -1.11. The summed E-state index contributed by atoms with van der Waals surface area (Å²) in [6, 6.07) is 3.68. The van der Waals surface area contributed by atoms with Crippen molar-refractivity contribution in [3.05, 3.63) is 28.8 Å². The Morgan fingerprint density at radius 1 is 1.37 bits per heavy atom. The number of nitrogens with zero attached hydrogens (tertiary/aromatic N) is 1. The van der Waals surface area contributed by atoms with Crippen molar-refractivity contribution in [3.8, 4) is 0 Å². The third kappa shape index (κ3) is 4.49. The molecular weight excluding hydrogens is 290 g/mol. The highest BCUT2D eigenvalue weighted by molar-refractivity contribution is 7.91. The van der Waals surface area contributed by atoms with Crippen molar-refractivity contribution in [2.45, 2.75) is 11.3 Å². The van der Waals surface area contributed by atoms with Gasteiger partial charge in [-0.3, -0.25) is 0 Å². The van der Waals surface area contributed by atoms with E-state index in [1.807, 2.05) is 19.0 Å². The molecule has 0 aliphatic rings. The first-order chi connectivity index (χ1) is 8.74. The highest BCUT2D eigenvalue weighted by Gasteiger charge is 2.19. The lowest BCUT2D eigenvalue weighted by atomic mass is 10.2. The molecule has 0 aliphatic carbocycles. The standard InChI is InChI=1S/C12H16ClNO4S/c1-14(2)6-3-7-19(17,18)11-8-9(12(15)16)4-5-10(11)13/h4-5,8H,3,6-7H2,1-2H3,(H,15,16). The maximum absolute atomic E-state index is 12.1. The summed E-state index contributed by atoms with van der Waals surface area (Å²) in [5.74, 6) is -1.24. The first-order valence-corrected chi connectivity index (χ1v) is 7.67. The lowest BCUT2D eigenvalue weighted by Gasteiger charge is -2.10. The molecule has 0 aromatic heterocycles. The number of hydrogen-bond acceptors (Lipinski definition) is 4. The van der Waals surface area contributed by atoms with E-state index in [4.69, 9.17) is 16.7 Å². The van der Waals surface area contributed by atoms with Gasteiger partial charge in [-0.1, -0.05) is 11.6 Å². The van der Waals surface area contributed by atoms with E-state index in [2.05, 4.69) is 0 Å². The molecule has 0 fully saturated rings. The Bertz CT molecular complexity index is 569. The average Bonchev–Trinajstić information content (AvgIpc) is 2.28. The van der Waals surface area contributed by atoms with Crippen molar-refractivity contribution in [3.63, 3.8) is 0 Å². The van der Waals surface area contributed by atoms with E-state index >= 15 is 0 Å². The zero-order valence-electron chi connectivity index (χ0n) is 10.8. The van der Waals surface area contributed by atoms with Gasteiger partial charge in [0.25, 0.3) is 0 Å². The zero-order chi connectivity index (χ0) is 14.6. The van der Waals surface area contributed by atoms with Crippen LogP contribution in [0.15, 0.2) is 23.1 Å². The largest absolute Gasteiger partial charge is 0.478 e. The van der Waals surface area contributed by atoms with Gasteiger partial charge in [0.2, 0.25) is 0 Å². The van der Waals surface area contributed by atoms with Crippen LogP contribution in [0.3, 0.4) is 0 Å². The molecule has 0 aliphatic heterocycles. The Morgan fingerprint density at radius 3 is 2.53 bits per heavy atom. The van der Waals surface area contributed by atoms with Gasteiger partial charge in [0, 0.05) is 0 Å². The molecule has 0 bridgehead atoms. The lowest BCUT2D eigenvalue weighted by Crippen LogP contribution is -2.17. The molecule has 1 aromatic carbocycles. The quantitative estimate of drug-likeness (QED) is 0.867. The minimum Gasteiger partial charge on any atom is -0.478 e. The smallest absolute Gasteiger partial charge is 0.335 e. The molecule has 0 radical (unpaired) electrons. The highest BCUT2D eigenvalue weighted by Crippen LogP contribution is 2.24. The van der Waals surface area contributed by atoms with Crippen LogP contribution in [-0.4, -0.2) is 50.8 Å². The minimum absolute atomic E-state index is 0.0508.